The molecule has 0 bridgehead atoms. The lowest BCUT2D eigenvalue weighted by atomic mass is 10.2. The van der Waals surface area contributed by atoms with Crippen molar-refractivity contribution in [3.8, 4) is 17.6 Å². The van der Waals surface area contributed by atoms with Crippen LogP contribution in [0, 0.1) is 24.1 Å². The maximum Gasteiger partial charge on any atom is 0.181 e. The molecule has 0 atom stereocenters. The van der Waals surface area contributed by atoms with Crippen LogP contribution in [0.2, 0.25) is 0 Å². The minimum absolute atomic E-state index is 0.0799. The molecule has 0 N–H and O–H groups in total. The highest BCUT2D eigenvalue weighted by Crippen LogP contribution is 2.33. The largest absolute Gasteiger partial charge is 0.454 e. The van der Waals surface area contributed by atoms with E-state index in [-0.39, 0.29) is 15.8 Å². The molecule has 0 spiro atoms. The van der Waals surface area contributed by atoms with Gasteiger partial charge in [0.05, 0.1) is 10.0 Å². The summed E-state index contributed by atoms with van der Waals surface area (Å²) in [5.74, 6) is 0.0661. The number of hydrogen-bond donors (Lipinski definition) is 0. The fourth-order valence-corrected chi connectivity index (χ4v) is 2.43. The molecular formula is C14H8Br2FNO. The molecule has 0 amide bonds. The normalized spacial score (nSPS) is 10.1. The van der Waals surface area contributed by atoms with Gasteiger partial charge < -0.3 is 4.74 Å². The summed E-state index contributed by atoms with van der Waals surface area (Å²) in [4.78, 5) is 0. The number of benzene rings is 2. The first-order chi connectivity index (χ1) is 9.02. The Morgan fingerprint density at radius 2 is 1.84 bits per heavy atom. The summed E-state index contributed by atoms with van der Waals surface area (Å²) in [5, 5.41) is 8.81. The van der Waals surface area contributed by atoms with E-state index in [0.717, 1.165) is 10.0 Å². The smallest absolute Gasteiger partial charge is 0.181 e. The molecule has 2 aromatic carbocycles. The predicted octanol–water partition coefficient (Wildman–Crippen LogP) is 5.32. The second-order valence-electron chi connectivity index (χ2n) is 3.86. The van der Waals surface area contributed by atoms with E-state index >= 15 is 0 Å². The molecule has 0 saturated carbocycles. The van der Waals surface area contributed by atoms with Crippen molar-refractivity contribution in [3.63, 3.8) is 0 Å². The number of hydrogen-bond acceptors (Lipinski definition) is 2. The SMILES string of the molecule is Cc1cc(Br)ccc1Oc1ccc(C#N)c(Br)c1F. The molecule has 0 radical (unpaired) electrons. The van der Waals surface area contributed by atoms with E-state index in [9.17, 15) is 4.39 Å². The van der Waals surface area contributed by atoms with Crippen LogP contribution in [0.5, 0.6) is 11.5 Å². The summed E-state index contributed by atoms with van der Waals surface area (Å²) in [6, 6.07) is 10.3. The number of rotatable bonds is 2. The maximum atomic E-state index is 14.0. The van der Waals surface area contributed by atoms with Crippen LogP contribution in [-0.4, -0.2) is 0 Å². The molecule has 0 aromatic heterocycles. The highest BCUT2D eigenvalue weighted by atomic mass is 79.9. The zero-order valence-corrected chi connectivity index (χ0v) is 13.0. The first kappa shape index (κ1) is 14.0. The second kappa shape index (κ2) is 5.72. The van der Waals surface area contributed by atoms with Crippen LogP contribution in [0.4, 0.5) is 4.39 Å². The molecule has 2 nitrogen and oxygen atoms in total. The molecule has 96 valence electrons. The third-order valence-corrected chi connectivity index (χ3v) is 3.79. The van der Waals surface area contributed by atoms with Gasteiger partial charge in [-0.2, -0.15) is 5.26 Å². The molecule has 19 heavy (non-hydrogen) atoms. The average molecular weight is 385 g/mol. The maximum absolute atomic E-state index is 14.0. The number of aryl methyl sites for hydroxylation is 1. The Kier molecular flexibility index (Phi) is 4.23. The minimum atomic E-state index is -0.582. The van der Waals surface area contributed by atoms with E-state index in [1.165, 1.54) is 12.1 Å². The Hall–Kier alpha value is -1.38. The van der Waals surface area contributed by atoms with E-state index in [1.807, 2.05) is 25.1 Å². The summed E-state index contributed by atoms with van der Waals surface area (Å²) in [6.07, 6.45) is 0. The van der Waals surface area contributed by atoms with E-state index in [1.54, 1.807) is 6.07 Å². The lowest BCUT2D eigenvalue weighted by molar-refractivity contribution is 0.437. The van der Waals surface area contributed by atoms with Gasteiger partial charge in [0.2, 0.25) is 0 Å². The molecule has 0 aliphatic carbocycles. The van der Waals surface area contributed by atoms with Gasteiger partial charge in [0.1, 0.15) is 11.8 Å². The Balaban J connectivity index is 2.39. The molecule has 0 aliphatic rings. The van der Waals surface area contributed by atoms with Crippen LogP contribution in [0.15, 0.2) is 39.3 Å². The van der Waals surface area contributed by atoms with Crippen LogP contribution in [0.1, 0.15) is 11.1 Å². The first-order valence-corrected chi connectivity index (χ1v) is 6.93. The average Bonchev–Trinajstić information content (AvgIpc) is 2.38. The lowest BCUT2D eigenvalue weighted by Crippen LogP contribution is -1.93. The Morgan fingerprint density at radius 3 is 2.47 bits per heavy atom. The minimum Gasteiger partial charge on any atom is -0.454 e. The third kappa shape index (κ3) is 2.96. The van der Waals surface area contributed by atoms with Crippen molar-refractivity contribution in [1.82, 2.24) is 0 Å². The molecule has 2 rings (SSSR count). The Labute approximate surface area is 127 Å². The molecule has 5 heteroatoms. The third-order valence-electron chi connectivity index (χ3n) is 2.52. The quantitative estimate of drug-likeness (QED) is 0.701. The Bertz CT molecular complexity index is 680. The lowest BCUT2D eigenvalue weighted by Gasteiger charge is -2.11. The van der Waals surface area contributed by atoms with Gasteiger partial charge in [-0.15, -0.1) is 0 Å². The molecule has 0 unspecified atom stereocenters. The van der Waals surface area contributed by atoms with Gasteiger partial charge in [0.15, 0.2) is 11.6 Å². The van der Waals surface area contributed by atoms with Gasteiger partial charge in [0, 0.05) is 4.47 Å². The number of nitriles is 1. The Morgan fingerprint density at radius 1 is 1.16 bits per heavy atom. The number of halogens is 3. The van der Waals surface area contributed by atoms with Gasteiger partial charge >= 0.3 is 0 Å². The monoisotopic (exact) mass is 383 g/mol. The molecule has 0 saturated heterocycles. The fraction of sp³-hybridized carbons (Fsp3) is 0.0714. The molecule has 2 aromatic rings. The van der Waals surface area contributed by atoms with Crippen molar-refractivity contribution in [2.75, 3.05) is 0 Å². The summed E-state index contributed by atoms with van der Waals surface area (Å²) >= 11 is 6.40. The second-order valence-corrected chi connectivity index (χ2v) is 5.57. The molecular weight excluding hydrogens is 377 g/mol. The van der Waals surface area contributed by atoms with Crippen LogP contribution in [-0.2, 0) is 0 Å². The highest BCUT2D eigenvalue weighted by Gasteiger charge is 2.13. The van der Waals surface area contributed by atoms with Crippen molar-refractivity contribution >= 4 is 31.9 Å². The summed E-state index contributed by atoms with van der Waals surface area (Å²) in [7, 11) is 0. The van der Waals surface area contributed by atoms with Gasteiger partial charge in [-0.3, -0.25) is 0 Å². The zero-order valence-electron chi connectivity index (χ0n) is 9.88. The molecule has 0 fully saturated rings. The van der Waals surface area contributed by atoms with Crippen molar-refractivity contribution in [3.05, 3.63) is 56.2 Å². The standard InChI is InChI=1S/C14H8Br2FNO/c1-8-6-10(15)3-5-11(8)19-12-4-2-9(7-18)13(16)14(12)17/h2-6H,1H3. The first-order valence-electron chi connectivity index (χ1n) is 5.35. The summed E-state index contributed by atoms with van der Waals surface area (Å²) < 4.78 is 20.6. The van der Waals surface area contributed by atoms with Crippen LogP contribution < -0.4 is 4.74 Å². The predicted molar refractivity (Wildman–Crippen MR) is 77.8 cm³/mol. The zero-order chi connectivity index (χ0) is 14.0. The van der Waals surface area contributed by atoms with Gasteiger partial charge in [-0.25, -0.2) is 4.39 Å². The fourth-order valence-electron chi connectivity index (χ4n) is 1.54. The van der Waals surface area contributed by atoms with E-state index in [4.69, 9.17) is 10.00 Å². The van der Waals surface area contributed by atoms with Crippen LogP contribution in [0.25, 0.3) is 0 Å². The van der Waals surface area contributed by atoms with Gasteiger partial charge in [0.25, 0.3) is 0 Å². The van der Waals surface area contributed by atoms with Crippen molar-refractivity contribution in [2.24, 2.45) is 0 Å². The van der Waals surface area contributed by atoms with E-state index in [2.05, 4.69) is 31.9 Å². The highest BCUT2D eigenvalue weighted by molar-refractivity contribution is 9.10. The van der Waals surface area contributed by atoms with E-state index < -0.39 is 5.82 Å². The van der Waals surface area contributed by atoms with Crippen molar-refractivity contribution < 1.29 is 9.13 Å². The molecule has 0 heterocycles. The van der Waals surface area contributed by atoms with Crippen molar-refractivity contribution in [2.45, 2.75) is 6.92 Å². The molecule has 0 aliphatic heterocycles. The number of ether oxygens (including phenoxy) is 1. The number of nitrogens with zero attached hydrogens (tertiary/aromatic N) is 1. The van der Waals surface area contributed by atoms with E-state index in [0.29, 0.717) is 5.75 Å². The van der Waals surface area contributed by atoms with Gasteiger partial charge in [-0.05, 0) is 58.7 Å². The summed E-state index contributed by atoms with van der Waals surface area (Å²) in [6.45, 7) is 1.87. The van der Waals surface area contributed by atoms with Gasteiger partial charge in [-0.1, -0.05) is 15.9 Å². The van der Waals surface area contributed by atoms with Crippen LogP contribution in [0.3, 0.4) is 0 Å². The summed E-state index contributed by atoms with van der Waals surface area (Å²) in [5.41, 5.74) is 1.12. The van der Waals surface area contributed by atoms with Crippen molar-refractivity contribution in [1.29, 1.82) is 5.26 Å². The topological polar surface area (TPSA) is 33.0 Å². The van der Waals surface area contributed by atoms with Crippen LogP contribution >= 0.6 is 31.9 Å².